The summed E-state index contributed by atoms with van der Waals surface area (Å²) in [5, 5.41) is 24.4. The Labute approximate surface area is 321 Å². The van der Waals surface area contributed by atoms with Crippen molar-refractivity contribution in [2.75, 3.05) is 37.7 Å². The number of nitrogens with one attached hydrogen (secondary N) is 1. The van der Waals surface area contributed by atoms with Crippen molar-refractivity contribution in [2.24, 2.45) is 11.8 Å². The number of ether oxygens (including phenoxy) is 2. The minimum absolute atomic E-state index is 0.0322. The van der Waals surface area contributed by atoms with Crippen molar-refractivity contribution >= 4 is 23.0 Å². The lowest BCUT2D eigenvalue weighted by Crippen LogP contribution is -2.43. The number of carbonyl (C=O) groups excluding carboxylic acids is 1. The van der Waals surface area contributed by atoms with E-state index in [1.807, 2.05) is 44.4 Å². The van der Waals surface area contributed by atoms with Crippen molar-refractivity contribution in [1.29, 1.82) is 0 Å². The van der Waals surface area contributed by atoms with Gasteiger partial charge in [-0.2, -0.15) is 0 Å². The van der Waals surface area contributed by atoms with Crippen LogP contribution in [0.3, 0.4) is 0 Å². The summed E-state index contributed by atoms with van der Waals surface area (Å²) in [4.78, 5) is 30.8. The highest BCUT2D eigenvalue weighted by molar-refractivity contribution is 5.86. The average Bonchev–Trinajstić information content (AvgIpc) is 3.82. The number of esters is 1. The molecule has 4 aromatic heterocycles. The molecule has 1 unspecified atom stereocenters. The van der Waals surface area contributed by atoms with E-state index in [-0.39, 0.29) is 23.7 Å². The van der Waals surface area contributed by atoms with E-state index in [0.717, 1.165) is 68.7 Å². The molecule has 1 aromatic carbocycles. The highest BCUT2D eigenvalue weighted by Crippen LogP contribution is 2.39. The van der Waals surface area contributed by atoms with Gasteiger partial charge in [0, 0.05) is 59.7 Å². The molecule has 0 spiro atoms. The Kier molecular flexibility index (Phi) is 10.7. The summed E-state index contributed by atoms with van der Waals surface area (Å²) >= 11 is 0. The molecule has 13 heteroatoms. The molecule has 2 aliphatic heterocycles. The number of nitrogens with zero attached hydrogens (tertiary/aromatic N) is 7. The average molecular weight is 749 g/mol. The van der Waals surface area contributed by atoms with Crippen molar-refractivity contribution in [2.45, 2.75) is 96.6 Å². The number of likely N-dealkylation sites (tertiary alicyclic amines) is 1. The number of fused-ring (bicyclic) bond motifs is 3. The highest BCUT2D eigenvalue weighted by Gasteiger charge is 2.33. The molecule has 2 N–H and O–H groups in total. The van der Waals surface area contributed by atoms with E-state index in [9.17, 15) is 9.90 Å². The summed E-state index contributed by atoms with van der Waals surface area (Å²) < 4.78 is 16.8. The van der Waals surface area contributed by atoms with Gasteiger partial charge in [0.05, 0.1) is 24.9 Å². The van der Waals surface area contributed by atoms with E-state index in [2.05, 4.69) is 37.1 Å². The number of carbonyl (C=O) groups is 1. The van der Waals surface area contributed by atoms with Gasteiger partial charge < -0.3 is 33.9 Å². The van der Waals surface area contributed by atoms with E-state index < -0.39 is 5.92 Å². The van der Waals surface area contributed by atoms with Crippen LogP contribution in [0.2, 0.25) is 0 Å². The van der Waals surface area contributed by atoms with Gasteiger partial charge in [-0.1, -0.05) is 26.0 Å². The Morgan fingerprint density at radius 3 is 2.51 bits per heavy atom. The fraction of sp³-hybridized carbons (Fsp3) is 0.524. The quantitative estimate of drug-likeness (QED) is 0.130. The molecule has 0 radical (unpaired) electrons. The molecule has 55 heavy (non-hydrogen) atoms. The Morgan fingerprint density at radius 1 is 1.02 bits per heavy atom. The Hall–Kier alpha value is -5.04. The maximum absolute atomic E-state index is 12.5. The number of phenolic OH excluding ortho intramolecular Hbond substituents is 1. The summed E-state index contributed by atoms with van der Waals surface area (Å²) in [5.41, 5.74) is 5.65. The second-order valence-electron chi connectivity index (χ2n) is 15.8. The zero-order valence-electron chi connectivity index (χ0n) is 32.3. The molecule has 2 atom stereocenters. The van der Waals surface area contributed by atoms with E-state index in [1.54, 1.807) is 25.1 Å². The number of H-pyrrole nitrogens is 1. The van der Waals surface area contributed by atoms with Gasteiger partial charge in [0.1, 0.15) is 11.7 Å². The number of piperidine rings is 1. The normalized spacial score (nSPS) is 21.5. The molecule has 2 fully saturated rings. The second kappa shape index (κ2) is 16.0. The molecular weight excluding hydrogens is 697 g/mol. The first kappa shape index (κ1) is 36.9. The zero-order valence-corrected chi connectivity index (χ0v) is 32.3. The third kappa shape index (κ3) is 7.63. The lowest BCUT2D eigenvalue weighted by molar-refractivity contribution is -0.146. The summed E-state index contributed by atoms with van der Waals surface area (Å²) in [7, 11) is 0. The number of aromatic amines is 1. The largest absolute Gasteiger partial charge is 0.507 e. The molecule has 1 aliphatic carbocycles. The molecule has 13 nitrogen and oxygen atoms in total. The number of aromatic hydroxyl groups is 1. The summed E-state index contributed by atoms with van der Waals surface area (Å²) in [6.07, 6.45) is 11.8. The van der Waals surface area contributed by atoms with Crippen LogP contribution in [0, 0.1) is 11.8 Å². The van der Waals surface area contributed by atoms with Crippen LogP contribution in [0.5, 0.6) is 11.6 Å². The Morgan fingerprint density at radius 2 is 1.78 bits per heavy atom. The number of aromatic nitrogens is 6. The predicted molar refractivity (Wildman–Crippen MR) is 208 cm³/mol. The number of para-hydroxylation sites is 1. The number of phenols is 1. The number of rotatable bonds is 11. The molecule has 8 rings (SSSR count). The van der Waals surface area contributed by atoms with Gasteiger partial charge in [-0.3, -0.25) is 4.79 Å². The Balaban J connectivity index is 0.822. The maximum atomic E-state index is 12.5. The molecule has 290 valence electrons. The van der Waals surface area contributed by atoms with Crippen molar-refractivity contribution in [3.8, 4) is 22.9 Å². The zero-order chi connectivity index (χ0) is 38.1. The summed E-state index contributed by atoms with van der Waals surface area (Å²) in [5.74, 6) is 2.08. The van der Waals surface area contributed by atoms with Crippen LogP contribution >= 0.6 is 0 Å². The number of benzene rings is 1. The minimum Gasteiger partial charge on any atom is -0.507 e. The van der Waals surface area contributed by atoms with Crippen molar-refractivity contribution < 1.29 is 23.9 Å². The summed E-state index contributed by atoms with van der Waals surface area (Å²) in [6, 6.07) is 11.7. The fourth-order valence-corrected chi connectivity index (χ4v) is 9.02. The van der Waals surface area contributed by atoms with Gasteiger partial charge in [0.25, 0.3) is 5.88 Å². The van der Waals surface area contributed by atoms with Crippen molar-refractivity contribution in [3.05, 3.63) is 71.4 Å². The van der Waals surface area contributed by atoms with Crippen LogP contribution in [-0.2, 0) is 16.0 Å². The topological polar surface area (TPSA) is 156 Å². The molecule has 0 amide bonds. The molecule has 0 bridgehead atoms. The molecule has 6 heterocycles. The van der Waals surface area contributed by atoms with Gasteiger partial charge in [0.15, 0.2) is 11.4 Å². The lowest BCUT2D eigenvalue weighted by atomic mass is 9.83. The van der Waals surface area contributed by atoms with Crippen LogP contribution in [-0.4, -0.2) is 85.2 Å². The monoisotopic (exact) mass is 748 g/mol. The van der Waals surface area contributed by atoms with Crippen LogP contribution in [0.25, 0.3) is 22.3 Å². The second-order valence-corrected chi connectivity index (χ2v) is 15.8. The van der Waals surface area contributed by atoms with E-state index in [0.29, 0.717) is 54.0 Å². The SMILES string of the molecule is CCOC(=O)C(c1cc(OCC2CCC(N3CCC(c4cnc(N5CCc6[nH]c7nnc(-c8ccccc8O)cc7c6[C@H]5C)nc4)CC3)CC2)no1)C(C)C. The van der Waals surface area contributed by atoms with Gasteiger partial charge in [-0.15, -0.1) is 10.2 Å². The first-order valence-corrected chi connectivity index (χ1v) is 20.0. The molecule has 5 aromatic rings. The van der Waals surface area contributed by atoms with E-state index in [1.165, 1.54) is 29.7 Å². The van der Waals surface area contributed by atoms with Crippen molar-refractivity contribution in [3.63, 3.8) is 0 Å². The van der Waals surface area contributed by atoms with Crippen LogP contribution in [0.15, 0.2) is 53.3 Å². The highest BCUT2D eigenvalue weighted by atomic mass is 16.5. The smallest absolute Gasteiger partial charge is 0.317 e. The van der Waals surface area contributed by atoms with Crippen molar-refractivity contribution in [1.82, 2.24) is 35.2 Å². The third-order valence-corrected chi connectivity index (χ3v) is 12.1. The number of hydrogen-bond donors (Lipinski definition) is 2. The molecule has 3 aliphatic rings. The van der Waals surface area contributed by atoms with Gasteiger partial charge >= 0.3 is 5.97 Å². The van der Waals surface area contributed by atoms with E-state index >= 15 is 0 Å². The number of hydrogen-bond acceptors (Lipinski definition) is 12. The molecular formula is C42H52N8O5. The summed E-state index contributed by atoms with van der Waals surface area (Å²) in [6.45, 7) is 11.9. The van der Waals surface area contributed by atoms with Gasteiger partial charge in [-0.25, -0.2) is 9.97 Å². The predicted octanol–water partition coefficient (Wildman–Crippen LogP) is 7.35. The van der Waals surface area contributed by atoms with Crippen LogP contribution in [0.4, 0.5) is 5.95 Å². The molecule has 1 saturated carbocycles. The van der Waals surface area contributed by atoms with Gasteiger partial charge in [-0.05, 0) is 112 Å². The standard InChI is InChI=1S/C42H52N8O5/c1-5-53-41(52)38(25(2)3)36-21-37(48-55-36)54-24-27-10-12-30(13-11-27)49-17-14-28(15-18-49)29-22-43-42(44-23-29)50-19-16-33-39(26(50)4)32-20-34(46-47-40(32)45-33)31-8-6-7-9-35(31)51/h6-9,20-23,25-28,30,38,51H,5,10-19,24H2,1-4H3,(H,45,47)/t26-,27?,30?,38?/m1/s1. The lowest BCUT2D eigenvalue weighted by Gasteiger charge is -2.40. The fourth-order valence-electron chi connectivity index (χ4n) is 9.02. The minimum atomic E-state index is -0.486. The Bertz CT molecular complexity index is 2080. The maximum Gasteiger partial charge on any atom is 0.317 e. The first-order valence-electron chi connectivity index (χ1n) is 20.0. The first-order chi connectivity index (χ1) is 26.8. The van der Waals surface area contributed by atoms with Crippen LogP contribution < -0.4 is 9.64 Å². The number of anilines is 1. The molecule has 1 saturated heterocycles. The van der Waals surface area contributed by atoms with E-state index in [4.69, 9.17) is 24.0 Å². The van der Waals surface area contributed by atoms with Crippen LogP contribution in [0.1, 0.15) is 107 Å². The van der Waals surface area contributed by atoms with Gasteiger partial charge in [0.2, 0.25) is 5.95 Å². The third-order valence-electron chi connectivity index (χ3n) is 12.1.